The molecule has 2 heterocycles. The lowest BCUT2D eigenvalue weighted by Gasteiger charge is -2.29. The zero-order valence-electron chi connectivity index (χ0n) is 15.8. The molecule has 0 unspecified atom stereocenters. The minimum atomic E-state index is -0.715. The van der Waals surface area contributed by atoms with Gasteiger partial charge < -0.3 is 15.0 Å². The van der Waals surface area contributed by atoms with Gasteiger partial charge in [-0.2, -0.15) is 0 Å². The zero-order chi connectivity index (χ0) is 20.6. The van der Waals surface area contributed by atoms with E-state index < -0.39 is 34.3 Å². The van der Waals surface area contributed by atoms with Crippen molar-refractivity contribution in [3.8, 4) is 0 Å². The van der Waals surface area contributed by atoms with E-state index in [1.54, 1.807) is 24.8 Å². The molecule has 2 saturated heterocycles. The molecule has 9 nitrogen and oxygen atoms in total. The molecule has 1 N–H and O–H groups in total. The standard InChI is InChI=1S/C18H21N3O6S/c1-10-4-5-12(21(25)26)16(11(10)2)19-14(22)8-27-17(24)13-9-28-18(3)7-6-15(23)20(13)18/h4-5,13H,6-9H2,1-3H3,(H,19,22)/t13-,18-/m0/s1. The maximum absolute atomic E-state index is 12.4. The summed E-state index contributed by atoms with van der Waals surface area (Å²) in [6, 6.07) is 2.21. The van der Waals surface area contributed by atoms with Crippen LogP contribution in [0.1, 0.15) is 30.9 Å². The van der Waals surface area contributed by atoms with Gasteiger partial charge in [-0.15, -0.1) is 11.8 Å². The Kier molecular flexibility index (Phi) is 5.33. The maximum Gasteiger partial charge on any atom is 0.330 e. The first kappa shape index (κ1) is 20.1. The number of nitrogens with one attached hydrogen (secondary N) is 1. The number of nitro groups is 1. The number of amides is 2. The van der Waals surface area contributed by atoms with E-state index in [0.717, 1.165) is 5.56 Å². The van der Waals surface area contributed by atoms with E-state index >= 15 is 0 Å². The number of anilines is 1. The molecule has 2 amide bonds. The molecule has 2 aliphatic heterocycles. The Morgan fingerprint density at radius 3 is 2.82 bits per heavy atom. The number of nitro benzene ring substituents is 1. The van der Waals surface area contributed by atoms with Crippen LogP contribution in [-0.4, -0.2) is 50.9 Å². The average molecular weight is 407 g/mol. The maximum atomic E-state index is 12.4. The minimum Gasteiger partial charge on any atom is -0.454 e. The van der Waals surface area contributed by atoms with Gasteiger partial charge in [-0.05, 0) is 38.3 Å². The number of benzene rings is 1. The van der Waals surface area contributed by atoms with Crippen LogP contribution < -0.4 is 5.32 Å². The number of carbonyl (C=O) groups is 3. The summed E-state index contributed by atoms with van der Waals surface area (Å²) in [5, 5.41) is 13.7. The Morgan fingerprint density at radius 1 is 1.43 bits per heavy atom. The van der Waals surface area contributed by atoms with Crippen LogP contribution in [0.25, 0.3) is 0 Å². The van der Waals surface area contributed by atoms with Crippen LogP contribution in [-0.2, 0) is 19.1 Å². The van der Waals surface area contributed by atoms with E-state index in [2.05, 4.69) is 5.32 Å². The molecule has 2 atom stereocenters. The molecule has 1 aromatic rings. The predicted molar refractivity (Wildman–Crippen MR) is 103 cm³/mol. The van der Waals surface area contributed by atoms with Crippen molar-refractivity contribution in [2.75, 3.05) is 17.7 Å². The first-order chi connectivity index (χ1) is 13.1. The highest BCUT2D eigenvalue weighted by Crippen LogP contribution is 2.47. The lowest BCUT2D eigenvalue weighted by molar-refractivity contribution is -0.384. The SMILES string of the molecule is Cc1ccc([N+](=O)[O-])c(NC(=O)COC(=O)[C@@H]2CS[C@@]3(C)CCC(=O)N23)c1C. The average Bonchev–Trinajstić information content (AvgIpc) is 3.13. The molecule has 0 aromatic heterocycles. The fourth-order valence-corrected chi connectivity index (χ4v) is 4.93. The van der Waals surface area contributed by atoms with Gasteiger partial charge >= 0.3 is 5.97 Å². The monoisotopic (exact) mass is 407 g/mol. The Hall–Kier alpha value is -2.62. The van der Waals surface area contributed by atoms with Crippen molar-refractivity contribution in [1.29, 1.82) is 0 Å². The number of hydrogen-bond acceptors (Lipinski definition) is 7. The molecule has 2 aliphatic rings. The van der Waals surface area contributed by atoms with Crippen molar-refractivity contribution in [3.05, 3.63) is 33.4 Å². The van der Waals surface area contributed by atoms with Crippen LogP contribution in [0.15, 0.2) is 12.1 Å². The molecule has 28 heavy (non-hydrogen) atoms. The number of carbonyl (C=O) groups excluding carboxylic acids is 3. The Bertz CT molecular complexity index is 873. The number of aryl methyl sites for hydroxylation is 1. The largest absolute Gasteiger partial charge is 0.454 e. The van der Waals surface area contributed by atoms with Crippen LogP contribution in [0.2, 0.25) is 0 Å². The summed E-state index contributed by atoms with van der Waals surface area (Å²) in [4.78, 5) is 48.5. The summed E-state index contributed by atoms with van der Waals surface area (Å²) in [7, 11) is 0. The van der Waals surface area contributed by atoms with Crippen LogP contribution in [0.4, 0.5) is 11.4 Å². The molecule has 0 spiro atoms. The second-order valence-electron chi connectivity index (χ2n) is 7.08. The van der Waals surface area contributed by atoms with Crippen molar-refractivity contribution >= 4 is 40.9 Å². The summed E-state index contributed by atoms with van der Waals surface area (Å²) in [6.45, 7) is 4.78. The molecule has 2 fully saturated rings. The van der Waals surface area contributed by atoms with Gasteiger partial charge in [-0.1, -0.05) is 6.07 Å². The van der Waals surface area contributed by atoms with E-state index in [1.165, 1.54) is 17.8 Å². The third-order valence-corrected chi connectivity index (χ3v) is 6.74. The van der Waals surface area contributed by atoms with Crippen LogP contribution in [0.5, 0.6) is 0 Å². The topological polar surface area (TPSA) is 119 Å². The van der Waals surface area contributed by atoms with Gasteiger partial charge in [0.15, 0.2) is 6.61 Å². The molecule has 10 heteroatoms. The zero-order valence-corrected chi connectivity index (χ0v) is 16.6. The highest BCUT2D eigenvalue weighted by Gasteiger charge is 2.53. The number of hydrogen-bond donors (Lipinski definition) is 1. The lowest BCUT2D eigenvalue weighted by Crippen LogP contribution is -2.47. The van der Waals surface area contributed by atoms with Crippen molar-refractivity contribution in [1.82, 2.24) is 4.90 Å². The van der Waals surface area contributed by atoms with E-state index in [4.69, 9.17) is 4.74 Å². The lowest BCUT2D eigenvalue weighted by atomic mass is 10.1. The van der Waals surface area contributed by atoms with Gasteiger partial charge in [0, 0.05) is 18.2 Å². The smallest absolute Gasteiger partial charge is 0.330 e. The summed E-state index contributed by atoms with van der Waals surface area (Å²) >= 11 is 1.53. The van der Waals surface area contributed by atoms with Gasteiger partial charge in [0.05, 0.1) is 9.79 Å². The fourth-order valence-electron chi connectivity index (χ4n) is 3.52. The van der Waals surface area contributed by atoms with Crippen molar-refractivity contribution in [2.24, 2.45) is 0 Å². The van der Waals surface area contributed by atoms with Gasteiger partial charge in [0.25, 0.3) is 11.6 Å². The molecule has 1 aromatic carbocycles. The van der Waals surface area contributed by atoms with Crippen molar-refractivity contribution in [3.63, 3.8) is 0 Å². The molecule has 0 aliphatic carbocycles. The summed E-state index contributed by atoms with van der Waals surface area (Å²) in [5.74, 6) is -0.987. The first-order valence-electron chi connectivity index (χ1n) is 8.81. The van der Waals surface area contributed by atoms with Crippen molar-refractivity contribution < 1.29 is 24.0 Å². The first-order valence-corrected chi connectivity index (χ1v) is 9.80. The van der Waals surface area contributed by atoms with Gasteiger partial charge in [0.1, 0.15) is 11.7 Å². The van der Waals surface area contributed by atoms with E-state index in [-0.39, 0.29) is 17.3 Å². The van der Waals surface area contributed by atoms with Crippen LogP contribution in [0.3, 0.4) is 0 Å². The number of nitrogens with zero attached hydrogens (tertiary/aromatic N) is 2. The number of fused-ring (bicyclic) bond motifs is 1. The Balaban J connectivity index is 1.64. The van der Waals surface area contributed by atoms with Gasteiger partial charge in [0.2, 0.25) is 5.91 Å². The summed E-state index contributed by atoms with van der Waals surface area (Å²) in [6.07, 6.45) is 1.07. The molecule has 0 saturated carbocycles. The third-order valence-electron chi connectivity index (χ3n) is 5.24. The second kappa shape index (κ2) is 7.42. The molecular weight excluding hydrogens is 386 g/mol. The molecule has 3 rings (SSSR count). The quantitative estimate of drug-likeness (QED) is 0.451. The molecule has 0 radical (unpaired) electrons. The van der Waals surface area contributed by atoms with Gasteiger partial charge in [-0.3, -0.25) is 19.7 Å². The van der Waals surface area contributed by atoms with Crippen LogP contribution in [0, 0.1) is 24.0 Å². The number of thioether (sulfide) groups is 1. The van der Waals surface area contributed by atoms with Crippen molar-refractivity contribution in [2.45, 2.75) is 44.5 Å². The highest BCUT2D eigenvalue weighted by atomic mass is 32.2. The fraction of sp³-hybridized carbons (Fsp3) is 0.500. The van der Waals surface area contributed by atoms with E-state index in [1.807, 2.05) is 6.92 Å². The third kappa shape index (κ3) is 3.56. The Morgan fingerprint density at radius 2 is 2.14 bits per heavy atom. The molecular formula is C18H21N3O6S. The normalized spacial score (nSPS) is 23.5. The second-order valence-corrected chi connectivity index (χ2v) is 8.58. The van der Waals surface area contributed by atoms with E-state index in [0.29, 0.717) is 24.2 Å². The van der Waals surface area contributed by atoms with E-state index in [9.17, 15) is 24.5 Å². The summed E-state index contributed by atoms with van der Waals surface area (Å²) < 4.78 is 5.10. The minimum absolute atomic E-state index is 0.0877. The number of esters is 1. The van der Waals surface area contributed by atoms with Crippen LogP contribution >= 0.6 is 11.8 Å². The predicted octanol–water partition coefficient (Wildman–Crippen LogP) is 2.15. The number of ether oxygens (including phenoxy) is 1. The highest BCUT2D eigenvalue weighted by molar-refractivity contribution is 8.01. The van der Waals surface area contributed by atoms with Gasteiger partial charge in [-0.25, -0.2) is 4.79 Å². The number of rotatable bonds is 5. The molecule has 0 bridgehead atoms. The molecule has 150 valence electrons. The summed E-state index contributed by atoms with van der Waals surface area (Å²) in [5.41, 5.74) is 1.21. The Labute approximate surface area is 165 Å².